The van der Waals surface area contributed by atoms with Gasteiger partial charge < -0.3 is 15.1 Å². The molecule has 2 heterocycles. The molecule has 2 amide bonds. The van der Waals surface area contributed by atoms with Gasteiger partial charge in [-0.1, -0.05) is 0 Å². The van der Waals surface area contributed by atoms with E-state index in [9.17, 15) is 9.59 Å². The van der Waals surface area contributed by atoms with Crippen molar-refractivity contribution in [1.29, 1.82) is 0 Å². The fraction of sp³-hybridized carbons (Fsp3) is 0.105. The summed E-state index contributed by atoms with van der Waals surface area (Å²) < 4.78 is 5.16. The Balaban J connectivity index is 1.54. The van der Waals surface area contributed by atoms with Crippen molar-refractivity contribution in [2.24, 2.45) is 0 Å². The smallest absolute Gasteiger partial charge is 0.251 e. The minimum atomic E-state index is -0.222. The van der Waals surface area contributed by atoms with Gasteiger partial charge in [-0.25, -0.2) is 0 Å². The van der Waals surface area contributed by atoms with E-state index in [0.29, 0.717) is 30.0 Å². The van der Waals surface area contributed by atoms with E-state index in [4.69, 9.17) is 4.42 Å². The maximum absolute atomic E-state index is 12.1. The lowest BCUT2D eigenvalue weighted by atomic mass is 10.1. The SMILES string of the molecule is O=C(NCc1ccncc1)c1ccc(C(=O)NCc2ccco2)cc1. The number of carbonyl (C=O) groups is 2. The molecule has 0 saturated carbocycles. The summed E-state index contributed by atoms with van der Waals surface area (Å²) in [6, 6.07) is 13.7. The van der Waals surface area contributed by atoms with Crippen molar-refractivity contribution in [3.05, 3.63) is 89.6 Å². The lowest BCUT2D eigenvalue weighted by Gasteiger charge is -2.07. The number of furan rings is 1. The molecule has 0 saturated heterocycles. The molecule has 25 heavy (non-hydrogen) atoms. The number of aromatic nitrogens is 1. The summed E-state index contributed by atoms with van der Waals surface area (Å²) in [6.45, 7) is 0.743. The summed E-state index contributed by atoms with van der Waals surface area (Å²) in [5.41, 5.74) is 1.95. The topological polar surface area (TPSA) is 84.2 Å². The molecule has 0 atom stereocenters. The quantitative estimate of drug-likeness (QED) is 0.725. The van der Waals surface area contributed by atoms with Crippen LogP contribution in [0.1, 0.15) is 32.0 Å². The maximum Gasteiger partial charge on any atom is 0.251 e. The van der Waals surface area contributed by atoms with Crippen molar-refractivity contribution in [1.82, 2.24) is 15.6 Å². The third kappa shape index (κ3) is 4.54. The second-order valence-corrected chi connectivity index (χ2v) is 5.38. The van der Waals surface area contributed by atoms with E-state index in [1.807, 2.05) is 12.1 Å². The molecule has 0 unspecified atom stereocenters. The average Bonchev–Trinajstić information content (AvgIpc) is 3.19. The highest BCUT2D eigenvalue weighted by molar-refractivity contribution is 5.97. The molecule has 6 heteroatoms. The predicted molar refractivity (Wildman–Crippen MR) is 91.7 cm³/mol. The van der Waals surface area contributed by atoms with Gasteiger partial charge in [-0.2, -0.15) is 0 Å². The van der Waals surface area contributed by atoms with Gasteiger partial charge in [0.2, 0.25) is 0 Å². The lowest BCUT2D eigenvalue weighted by molar-refractivity contribution is 0.0937. The van der Waals surface area contributed by atoms with Gasteiger partial charge in [-0.3, -0.25) is 14.6 Å². The van der Waals surface area contributed by atoms with Gasteiger partial charge in [0, 0.05) is 30.1 Å². The molecular formula is C19H17N3O3. The Morgan fingerprint density at radius 2 is 1.44 bits per heavy atom. The number of benzene rings is 1. The van der Waals surface area contributed by atoms with E-state index < -0.39 is 0 Å². The number of carbonyl (C=O) groups excluding carboxylic acids is 2. The Hall–Kier alpha value is -3.41. The van der Waals surface area contributed by atoms with Crippen molar-refractivity contribution in [3.8, 4) is 0 Å². The van der Waals surface area contributed by atoms with Crippen LogP contribution in [-0.4, -0.2) is 16.8 Å². The maximum atomic E-state index is 12.1. The molecule has 0 bridgehead atoms. The van der Waals surface area contributed by atoms with Crippen LogP contribution in [0.4, 0.5) is 0 Å². The first-order chi connectivity index (χ1) is 12.2. The van der Waals surface area contributed by atoms with E-state index in [1.165, 1.54) is 0 Å². The van der Waals surface area contributed by atoms with Crippen LogP contribution < -0.4 is 10.6 Å². The van der Waals surface area contributed by atoms with Gasteiger partial charge in [0.15, 0.2) is 0 Å². The second-order valence-electron chi connectivity index (χ2n) is 5.38. The van der Waals surface area contributed by atoms with E-state index in [1.54, 1.807) is 55.1 Å². The summed E-state index contributed by atoms with van der Waals surface area (Å²) in [4.78, 5) is 28.1. The number of nitrogens with one attached hydrogen (secondary N) is 2. The van der Waals surface area contributed by atoms with E-state index >= 15 is 0 Å². The van der Waals surface area contributed by atoms with Crippen LogP contribution in [0.2, 0.25) is 0 Å². The molecule has 0 fully saturated rings. The van der Waals surface area contributed by atoms with Crippen molar-refractivity contribution in [2.45, 2.75) is 13.1 Å². The zero-order chi connectivity index (χ0) is 17.5. The molecule has 0 aliphatic rings. The first-order valence-corrected chi connectivity index (χ1v) is 7.80. The Kier molecular flexibility index (Phi) is 5.21. The second kappa shape index (κ2) is 7.92. The van der Waals surface area contributed by atoms with Crippen LogP contribution in [0.15, 0.2) is 71.6 Å². The van der Waals surface area contributed by atoms with Crippen molar-refractivity contribution in [2.75, 3.05) is 0 Å². The zero-order valence-electron chi connectivity index (χ0n) is 13.4. The molecule has 3 aromatic rings. The van der Waals surface area contributed by atoms with Gasteiger partial charge in [-0.15, -0.1) is 0 Å². The molecule has 3 rings (SSSR count). The monoisotopic (exact) mass is 335 g/mol. The summed E-state index contributed by atoms with van der Waals surface area (Å²) in [5, 5.41) is 5.59. The van der Waals surface area contributed by atoms with Crippen molar-refractivity contribution in [3.63, 3.8) is 0 Å². The molecule has 126 valence electrons. The molecule has 0 radical (unpaired) electrons. The van der Waals surface area contributed by atoms with Gasteiger partial charge in [0.05, 0.1) is 12.8 Å². The van der Waals surface area contributed by atoms with Crippen LogP contribution >= 0.6 is 0 Å². The molecule has 0 spiro atoms. The highest BCUT2D eigenvalue weighted by Gasteiger charge is 2.09. The third-order valence-electron chi connectivity index (χ3n) is 3.61. The Bertz CT molecular complexity index is 828. The first kappa shape index (κ1) is 16.4. The predicted octanol–water partition coefficient (Wildman–Crippen LogP) is 2.53. The number of hydrogen-bond donors (Lipinski definition) is 2. The average molecular weight is 335 g/mol. The molecule has 2 aromatic heterocycles. The highest BCUT2D eigenvalue weighted by Crippen LogP contribution is 2.06. The molecular weight excluding hydrogens is 318 g/mol. The minimum Gasteiger partial charge on any atom is -0.467 e. The number of hydrogen-bond acceptors (Lipinski definition) is 4. The van der Waals surface area contributed by atoms with Crippen LogP contribution in [0, 0.1) is 0 Å². The van der Waals surface area contributed by atoms with Crippen LogP contribution in [0.25, 0.3) is 0 Å². The van der Waals surface area contributed by atoms with Crippen molar-refractivity contribution < 1.29 is 14.0 Å². The minimum absolute atomic E-state index is 0.195. The van der Waals surface area contributed by atoms with E-state index in [0.717, 1.165) is 5.56 Å². The molecule has 0 aliphatic carbocycles. The van der Waals surface area contributed by atoms with E-state index in [-0.39, 0.29) is 11.8 Å². The lowest BCUT2D eigenvalue weighted by Crippen LogP contribution is -2.24. The van der Waals surface area contributed by atoms with Gasteiger partial charge in [0.1, 0.15) is 5.76 Å². The summed E-state index contributed by atoms with van der Waals surface area (Å²) in [5.74, 6) is 0.264. The van der Waals surface area contributed by atoms with E-state index in [2.05, 4.69) is 15.6 Å². The largest absolute Gasteiger partial charge is 0.467 e. The fourth-order valence-corrected chi connectivity index (χ4v) is 2.24. The Labute approximate surface area is 144 Å². The van der Waals surface area contributed by atoms with Crippen LogP contribution in [0.3, 0.4) is 0 Å². The summed E-state index contributed by atoms with van der Waals surface area (Å²) in [6.07, 6.45) is 4.91. The number of amides is 2. The number of pyridine rings is 1. The molecule has 6 nitrogen and oxygen atoms in total. The Morgan fingerprint density at radius 3 is 2.00 bits per heavy atom. The highest BCUT2D eigenvalue weighted by atomic mass is 16.3. The number of nitrogens with zero attached hydrogens (tertiary/aromatic N) is 1. The molecule has 2 N–H and O–H groups in total. The van der Waals surface area contributed by atoms with Crippen LogP contribution in [0.5, 0.6) is 0 Å². The van der Waals surface area contributed by atoms with Gasteiger partial charge in [0.25, 0.3) is 11.8 Å². The standard InChI is InChI=1S/C19H17N3O3/c23-18(21-12-14-7-9-20-10-8-14)15-3-5-16(6-4-15)19(24)22-13-17-2-1-11-25-17/h1-11H,12-13H2,(H,21,23)(H,22,24). The van der Waals surface area contributed by atoms with Crippen LogP contribution in [-0.2, 0) is 13.1 Å². The first-order valence-electron chi connectivity index (χ1n) is 7.80. The fourth-order valence-electron chi connectivity index (χ4n) is 2.24. The Morgan fingerprint density at radius 1 is 0.840 bits per heavy atom. The van der Waals surface area contributed by atoms with Crippen molar-refractivity contribution >= 4 is 11.8 Å². The number of rotatable bonds is 6. The molecule has 1 aromatic carbocycles. The zero-order valence-corrected chi connectivity index (χ0v) is 13.4. The third-order valence-corrected chi connectivity index (χ3v) is 3.61. The molecule has 0 aliphatic heterocycles. The van der Waals surface area contributed by atoms with Gasteiger partial charge >= 0.3 is 0 Å². The summed E-state index contributed by atoms with van der Waals surface area (Å²) >= 11 is 0. The van der Waals surface area contributed by atoms with Gasteiger partial charge in [-0.05, 0) is 54.1 Å². The summed E-state index contributed by atoms with van der Waals surface area (Å²) in [7, 11) is 0. The normalized spacial score (nSPS) is 10.2.